The lowest BCUT2D eigenvalue weighted by atomic mass is 10.2. The van der Waals surface area contributed by atoms with Crippen LogP contribution >= 0.6 is 0 Å². The second-order valence-corrected chi connectivity index (χ2v) is 5.49. The average Bonchev–Trinajstić information content (AvgIpc) is 2.65. The summed E-state index contributed by atoms with van der Waals surface area (Å²) < 4.78 is 5.15. The number of ether oxygens (including phenoxy) is 1. The van der Waals surface area contributed by atoms with E-state index in [1.807, 2.05) is 6.07 Å². The van der Waals surface area contributed by atoms with Crippen molar-refractivity contribution in [1.82, 2.24) is 5.43 Å². The highest BCUT2D eigenvalue weighted by Gasteiger charge is 2.14. The van der Waals surface area contributed by atoms with Crippen molar-refractivity contribution in [2.45, 2.75) is 13.3 Å². The van der Waals surface area contributed by atoms with Crippen LogP contribution in [0.5, 0.6) is 5.75 Å². The van der Waals surface area contributed by atoms with Crippen LogP contribution in [0.4, 0.5) is 11.4 Å². The van der Waals surface area contributed by atoms with Gasteiger partial charge in [0.2, 0.25) is 5.91 Å². The maximum absolute atomic E-state index is 11.9. The highest BCUT2D eigenvalue weighted by atomic mass is 16.6. The fourth-order valence-electron chi connectivity index (χ4n) is 2.06. The molecule has 0 heterocycles. The molecule has 2 N–H and O–H groups in total. The molecular weight excluding hydrogens is 352 g/mol. The Morgan fingerprint density at radius 3 is 2.44 bits per heavy atom. The molecule has 0 radical (unpaired) electrons. The standard InChI is InChI=1S/C18H18N4O5/c1-13(11-17(23)19-14-7-3-2-4-8-14)20-21-18(24)12-27-16-10-6-5-9-15(16)22(25)26/h2-10H,11-12H2,1H3,(H,19,23)(H,21,24). The van der Waals surface area contributed by atoms with Crippen molar-refractivity contribution in [3.8, 4) is 5.75 Å². The van der Waals surface area contributed by atoms with Crippen molar-refractivity contribution in [2.24, 2.45) is 5.10 Å². The van der Waals surface area contributed by atoms with Gasteiger partial charge in [0.1, 0.15) is 0 Å². The Morgan fingerprint density at radius 1 is 1.07 bits per heavy atom. The lowest BCUT2D eigenvalue weighted by Gasteiger charge is -2.07. The molecule has 9 nitrogen and oxygen atoms in total. The van der Waals surface area contributed by atoms with E-state index in [-0.39, 0.29) is 23.8 Å². The van der Waals surface area contributed by atoms with E-state index in [4.69, 9.17) is 4.74 Å². The molecule has 0 aliphatic heterocycles. The van der Waals surface area contributed by atoms with Gasteiger partial charge in [0.05, 0.1) is 11.3 Å². The first kappa shape index (κ1) is 19.6. The summed E-state index contributed by atoms with van der Waals surface area (Å²) in [5.74, 6) is -0.885. The Labute approximate surface area is 155 Å². The Hall–Kier alpha value is -3.75. The minimum atomic E-state index is -0.601. The second-order valence-electron chi connectivity index (χ2n) is 5.49. The topological polar surface area (TPSA) is 123 Å². The van der Waals surface area contributed by atoms with E-state index in [2.05, 4.69) is 15.8 Å². The van der Waals surface area contributed by atoms with Crippen LogP contribution in [0.1, 0.15) is 13.3 Å². The normalized spacial score (nSPS) is 10.8. The van der Waals surface area contributed by atoms with E-state index in [0.29, 0.717) is 11.4 Å². The summed E-state index contributed by atoms with van der Waals surface area (Å²) in [7, 11) is 0. The van der Waals surface area contributed by atoms with Crippen LogP contribution in [-0.4, -0.2) is 29.1 Å². The number of nitro benzene ring substituents is 1. The van der Waals surface area contributed by atoms with Crippen molar-refractivity contribution in [3.63, 3.8) is 0 Å². The molecule has 0 aliphatic carbocycles. The van der Waals surface area contributed by atoms with Crippen LogP contribution in [0.15, 0.2) is 59.7 Å². The van der Waals surface area contributed by atoms with Gasteiger partial charge in [0, 0.05) is 17.5 Å². The number of rotatable bonds is 8. The summed E-state index contributed by atoms with van der Waals surface area (Å²) in [5, 5.41) is 17.4. The summed E-state index contributed by atoms with van der Waals surface area (Å²) >= 11 is 0. The van der Waals surface area contributed by atoms with Crippen LogP contribution in [0.25, 0.3) is 0 Å². The smallest absolute Gasteiger partial charge is 0.310 e. The highest BCUT2D eigenvalue weighted by molar-refractivity contribution is 6.05. The van der Waals surface area contributed by atoms with E-state index >= 15 is 0 Å². The molecule has 0 saturated carbocycles. The number of benzene rings is 2. The second kappa shape index (κ2) is 9.66. The molecule has 0 bridgehead atoms. The summed E-state index contributed by atoms with van der Waals surface area (Å²) in [5.41, 5.74) is 3.07. The number of hydrogen-bond donors (Lipinski definition) is 2. The number of nitrogens with zero attached hydrogens (tertiary/aromatic N) is 2. The van der Waals surface area contributed by atoms with Crippen LogP contribution in [0, 0.1) is 10.1 Å². The van der Waals surface area contributed by atoms with Gasteiger partial charge in [-0.1, -0.05) is 30.3 Å². The van der Waals surface area contributed by atoms with Gasteiger partial charge in [0.25, 0.3) is 5.91 Å². The maximum Gasteiger partial charge on any atom is 0.310 e. The van der Waals surface area contributed by atoms with Crippen LogP contribution in [-0.2, 0) is 9.59 Å². The number of carbonyl (C=O) groups excluding carboxylic acids is 2. The Kier molecular flexibility index (Phi) is 7.00. The largest absolute Gasteiger partial charge is 0.477 e. The summed E-state index contributed by atoms with van der Waals surface area (Å²) in [4.78, 5) is 33.9. The lowest BCUT2D eigenvalue weighted by molar-refractivity contribution is -0.385. The SMILES string of the molecule is CC(CC(=O)Nc1ccccc1)=NNC(=O)COc1ccccc1[N+](=O)[O-]. The van der Waals surface area contributed by atoms with Gasteiger partial charge >= 0.3 is 5.69 Å². The zero-order valence-corrected chi connectivity index (χ0v) is 14.5. The molecule has 9 heteroatoms. The van der Waals surface area contributed by atoms with Gasteiger partial charge in [0.15, 0.2) is 12.4 Å². The van der Waals surface area contributed by atoms with Crippen molar-refractivity contribution in [1.29, 1.82) is 0 Å². The Morgan fingerprint density at radius 2 is 1.74 bits per heavy atom. The predicted molar refractivity (Wildman–Crippen MR) is 99.5 cm³/mol. The van der Waals surface area contributed by atoms with Crippen molar-refractivity contribution < 1.29 is 19.2 Å². The number of nitrogens with one attached hydrogen (secondary N) is 2. The molecule has 2 rings (SSSR count). The lowest BCUT2D eigenvalue weighted by Crippen LogP contribution is -2.26. The number of carbonyl (C=O) groups is 2. The molecule has 2 aromatic carbocycles. The molecule has 140 valence electrons. The van der Waals surface area contributed by atoms with E-state index < -0.39 is 17.4 Å². The Bertz CT molecular complexity index is 852. The molecule has 0 saturated heterocycles. The first-order chi connectivity index (χ1) is 13.0. The van der Waals surface area contributed by atoms with Gasteiger partial charge in [-0.15, -0.1) is 0 Å². The molecule has 0 aliphatic rings. The third-order valence-electron chi connectivity index (χ3n) is 3.27. The minimum absolute atomic E-state index is 0.000187. The van der Waals surface area contributed by atoms with E-state index in [0.717, 1.165) is 0 Å². The molecule has 0 fully saturated rings. The van der Waals surface area contributed by atoms with Crippen LogP contribution < -0.4 is 15.5 Å². The van der Waals surface area contributed by atoms with Gasteiger partial charge in [-0.05, 0) is 25.1 Å². The molecule has 27 heavy (non-hydrogen) atoms. The fourth-order valence-corrected chi connectivity index (χ4v) is 2.06. The minimum Gasteiger partial charge on any atom is -0.477 e. The molecule has 2 aromatic rings. The third kappa shape index (κ3) is 6.58. The number of anilines is 1. The van der Waals surface area contributed by atoms with Crippen molar-refractivity contribution in [3.05, 3.63) is 64.7 Å². The fraction of sp³-hybridized carbons (Fsp3) is 0.167. The number of hydrazone groups is 1. The molecular formula is C18H18N4O5. The number of para-hydroxylation sites is 3. The van der Waals surface area contributed by atoms with Crippen molar-refractivity contribution >= 4 is 28.9 Å². The van der Waals surface area contributed by atoms with Crippen LogP contribution in [0.3, 0.4) is 0 Å². The zero-order valence-electron chi connectivity index (χ0n) is 14.5. The Balaban J connectivity index is 1.80. The van der Waals surface area contributed by atoms with Gasteiger partial charge in [-0.3, -0.25) is 19.7 Å². The van der Waals surface area contributed by atoms with Gasteiger partial charge < -0.3 is 10.1 Å². The van der Waals surface area contributed by atoms with Crippen molar-refractivity contribution in [2.75, 3.05) is 11.9 Å². The number of nitro groups is 1. The highest BCUT2D eigenvalue weighted by Crippen LogP contribution is 2.25. The first-order valence-electron chi connectivity index (χ1n) is 7.99. The molecule has 0 aromatic heterocycles. The molecule has 0 spiro atoms. The number of amides is 2. The van der Waals surface area contributed by atoms with Crippen LogP contribution in [0.2, 0.25) is 0 Å². The van der Waals surface area contributed by atoms with Gasteiger partial charge in [-0.25, -0.2) is 5.43 Å². The average molecular weight is 370 g/mol. The van der Waals surface area contributed by atoms with Gasteiger partial charge in [-0.2, -0.15) is 5.10 Å². The van der Waals surface area contributed by atoms with E-state index in [1.165, 1.54) is 18.2 Å². The molecule has 0 atom stereocenters. The monoisotopic (exact) mass is 370 g/mol. The summed E-state index contributed by atoms with van der Waals surface area (Å²) in [6.07, 6.45) is 0.000187. The quantitative estimate of drug-likeness (QED) is 0.420. The van der Waals surface area contributed by atoms with E-state index in [9.17, 15) is 19.7 Å². The predicted octanol–water partition coefficient (Wildman–Crippen LogP) is 2.49. The first-order valence-corrected chi connectivity index (χ1v) is 7.99. The number of hydrogen-bond acceptors (Lipinski definition) is 6. The third-order valence-corrected chi connectivity index (χ3v) is 3.27. The molecule has 2 amide bonds. The summed E-state index contributed by atoms with van der Waals surface area (Å²) in [6, 6.07) is 14.7. The maximum atomic E-state index is 11.9. The van der Waals surface area contributed by atoms with E-state index in [1.54, 1.807) is 37.3 Å². The zero-order chi connectivity index (χ0) is 19.6. The summed E-state index contributed by atoms with van der Waals surface area (Å²) in [6.45, 7) is 1.14. The molecule has 0 unspecified atom stereocenters.